The molecule has 0 spiro atoms. The average Bonchev–Trinajstić information content (AvgIpc) is 2.67. The van der Waals surface area contributed by atoms with Gasteiger partial charge in [0.15, 0.2) is 5.15 Å². The Hall–Kier alpha value is -0.550. The number of imidazole rings is 1. The highest BCUT2D eigenvalue weighted by molar-refractivity contribution is 7.91. The lowest BCUT2D eigenvalue weighted by Crippen LogP contribution is -2.26. The Kier molecular flexibility index (Phi) is 3.38. The van der Waals surface area contributed by atoms with Gasteiger partial charge >= 0.3 is 0 Å². The molecule has 3 rings (SSSR count). The second kappa shape index (κ2) is 4.77. The summed E-state index contributed by atoms with van der Waals surface area (Å²) < 4.78 is 25.3. The monoisotopic (exact) mass is 302 g/mol. The van der Waals surface area contributed by atoms with E-state index in [9.17, 15) is 8.42 Å². The van der Waals surface area contributed by atoms with Gasteiger partial charge in [-0.2, -0.15) is 0 Å². The summed E-state index contributed by atoms with van der Waals surface area (Å²) in [6.45, 7) is 3.20. The number of sulfone groups is 1. The SMILES string of the molecule is CC1CCn2c(C3CCS(=O)(=O)CC3)nc(Cl)c2C1. The minimum atomic E-state index is -2.82. The van der Waals surface area contributed by atoms with Gasteiger partial charge in [0, 0.05) is 12.5 Å². The standard InChI is InChI=1S/C13H19ClN2O2S/c1-9-2-5-16-11(8-9)12(14)15-13(16)10-3-6-19(17,18)7-4-10/h9-10H,2-8H2,1H3. The first kappa shape index (κ1) is 13.4. The van der Waals surface area contributed by atoms with Crippen molar-refractivity contribution in [1.29, 1.82) is 0 Å². The van der Waals surface area contributed by atoms with Crippen molar-refractivity contribution in [3.05, 3.63) is 16.7 Å². The fourth-order valence-electron chi connectivity index (χ4n) is 3.16. The third kappa shape index (κ3) is 2.55. The van der Waals surface area contributed by atoms with E-state index in [0.717, 1.165) is 30.9 Å². The van der Waals surface area contributed by atoms with Gasteiger partial charge < -0.3 is 4.57 Å². The van der Waals surface area contributed by atoms with E-state index in [-0.39, 0.29) is 17.4 Å². The maximum absolute atomic E-state index is 11.5. The Bertz CT molecular complexity index is 580. The maximum Gasteiger partial charge on any atom is 0.150 e. The van der Waals surface area contributed by atoms with Crippen molar-refractivity contribution in [2.75, 3.05) is 11.5 Å². The molecule has 0 radical (unpaired) electrons. The van der Waals surface area contributed by atoms with Crippen LogP contribution in [0, 0.1) is 5.92 Å². The average molecular weight is 303 g/mol. The van der Waals surface area contributed by atoms with Gasteiger partial charge in [0.25, 0.3) is 0 Å². The van der Waals surface area contributed by atoms with Crippen molar-refractivity contribution in [2.45, 2.75) is 45.1 Å². The van der Waals surface area contributed by atoms with E-state index in [1.807, 2.05) is 0 Å². The van der Waals surface area contributed by atoms with E-state index >= 15 is 0 Å². The van der Waals surface area contributed by atoms with Gasteiger partial charge in [-0.05, 0) is 31.6 Å². The van der Waals surface area contributed by atoms with Crippen LogP contribution in [0.25, 0.3) is 0 Å². The van der Waals surface area contributed by atoms with Gasteiger partial charge in [0.2, 0.25) is 0 Å². The molecule has 1 aromatic rings. The first-order valence-electron chi connectivity index (χ1n) is 6.91. The van der Waals surface area contributed by atoms with Crippen molar-refractivity contribution in [2.24, 2.45) is 5.92 Å². The van der Waals surface area contributed by atoms with Gasteiger partial charge in [0.1, 0.15) is 15.7 Å². The number of rotatable bonds is 1. The number of aromatic nitrogens is 2. The summed E-state index contributed by atoms with van der Waals surface area (Å²) in [5, 5.41) is 0.620. The van der Waals surface area contributed by atoms with Crippen LogP contribution in [0.5, 0.6) is 0 Å². The summed E-state index contributed by atoms with van der Waals surface area (Å²) in [6.07, 6.45) is 3.50. The highest BCUT2D eigenvalue weighted by Crippen LogP contribution is 2.34. The lowest BCUT2D eigenvalue weighted by atomic mass is 9.97. The Morgan fingerprint density at radius 1 is 1.26 bits per heavy atom. The summed E-state index contributed by atoms with van der Waals surface area (Å²) in [5.74, 6) is 2.49. The molecule has 3 heterocycles. The number of hydrogen-bond donors (Lipinski definition) is 0. The number of halogens is 1. The van der Waals surface area contributed by atoms with Gasteiger partial charge in [-0.25, -0.2) is 13.4 Å². The molecular weight excluding hydrogens is 284 g/mol. The molecule has 0 N–H and O–H groups in total. The summed E-state index contributed by atoms with van der Waals surface area (Å²) in [7, 11) is -2.82. The first-order chi connectivity index (χ1) is 8.96. The van der Waals surface area contributed by atoms with Crippen LogP contribution in [-0.4, -0.2) is 29.5 Å². The molecule has 0 aliphatic carbocycles. The molecule has 0 amide bonds. The van der Waals surface area contributed by atoms with Crippen molar-refractivity contribution in [3.8, 4) is 0 Å². The Balaban J connectivity index is 1.88. The second-order valence-electron chi connectivity index (χ2n) is 5.88. The minimum Gasteiger partial charge on any atom is -0.330 e. The number of nitrogens with zero attached hydrogens (tertiary/aromatic N) is 2. The smallest absolute Gasteiger partial charge is 0.150 e. The van der Waals surface area contributed by atoms with E-state index in [2.05, 4.69) is 16.5 Å². The molecule has 2 aliphatic rings. The largest absolute Gasteiger partial charge is 0.330 e. The zero-order chi connectivity index (χ0) is 13.6. The molecule has 0 aromatic carbocycles. The molecule has 4 nitrogen and oxygen atoms in total. The van der Waals surface area contributed by atoms with Crippen molar-refractivity contribution >= 4 is 21.4 Å². The second-order valence-corrected chi connectivity index (χ2v) is 8.54. The van der Waals surface area contributed by atoms with Crippen molar-refractivity contribution < 1.29 is 8.42 Å². The first-order valence-corrected chi connectivity index (χ1v) is 9.11. The molecule has 1 unspecified atom stereocenters. The molecule has 0 bridgehead atoms. The third-order valence-electron chi connectivity index (χ3n) is 4.36. The molecule has 1 aromatic heterocycles. The molecule has 0 saturated carbocycles. The van der Waals surface area contributed by atoms with Gasteiger partial charge in [-0.1, -0.05) is 18.5 Å². The van der Waals surface area contributed by atoms with Crippen LogP contribution in [-0.2, 0) is 22.8 Å². The molecule has 1 atom stereocenters. The lowest BCUT2D eigenvalue weighted by molar-refractivity contribution is 0.397. The lowest BCUT2D eigenvalue weighted by Gasteiger charge is -2.26. The molecule has 19 heavy (non-hydrogen) atoms. The third-order valence-corrected chi connectivity index (χ3v) is 6.38. The number of hydrogen-bond acceptors (Lipinski definition) is 3. The van der Waals surface area contributed by atoms with Crippen LogP contribution in [0.1, 0.15) is 43.6 Å². The van der Waals surface area contributed by atoms with E-state index in [4.69, 9.17) is 11.6 Å². The number of fused-ring (bicyclic) bond motifs is 1. The van der Waals surface area contributed by atoms with Crippen molar-refractivity contribution in [1.82, 2.24) is 9.55 Å². The highest BCUT2D eigenvalue weighted by atomic mass is 35.5. The zero-order valence-electron chi connectivity index (χ0n) is 11.1. The molecule has 106 valence electrons. The van der Waals surface area contributed by atoms with E-state index in [1.165, 1.54) is 0 Å². The Morgan fingerprint density at radius 2 is 1.95 bits per heavy atom. The van der Waals surface area contributed by atoms with Crippen LogP contribution in [0.4, 0.5) is 0 Å². The van der Waals surface area contributed by atoms with Crippen molar-refractivity contribution in [3.63, 3.8) is 0 Å². The summed E-state index contributed by atoms with van der Waals surface area (Å²) in [4.78, 5) is 4.53. The molecule has 1 saturated heterocycles. The topological polar surface area (TPSA) is 52.0 Å². The fourth-order valence-corrected chi connectivity index (χ4v) is 4.92. The predicted octanol–water partition coefficient (Wildman–Crippen LogP) is 2.41. The molecular formula is C13H19ClN2O2S. The zero-order valence-corrected chi connectivity index (χ0v) is 12.7. The van der Waals surface area contributed by atoms with Crippen LogP contribution in [0.2, 0.25) is 5.15 Å². The quantitative estimate of drug-likeness (QED) is 0.800. The van der Waals surface area contributed by atoms with E-state index in [1.54, 1.807) is 0 Å². The van der Waals surface area contributed by atoms with Crippen LogP contribution < -0.4 is 0 Å². The maximum atomic E-state index is 11.5. The summed E-state index contributed by atoms with van der Waals surface area (Å²) in [6, 6.07) is 0. The normalized spacial score (nSPS) is 27.2. The van der Waals surface area contributed by atoms with Crippen LogP contribution >= 0.6 is 11.6 Å². The molecule has 6 heteroatoms. The summed E-state index contributed by atoms with van der Waals surface area (Å²) >= 11 is 6.25. The van der Waals surface area contributed by atoms with E-state index < -0.39 is 9.84 Å². The molecule has 1 fully saturated rings. The fraction of sp³-hybridized carbons (Fsp3) is 0.769. The highest BCUT2D eigenvalue weighted by Gasteiger charge is 2.31. The van der Waals surface area contributed by atoms with Gasteiger partial charge in [-0.15, -0.1) is 0 Å². The predicted molar refractivity (Wildman–Crippen MR) is 75.4 cm³/mol. The molecule has 2 aliphatic heterocycles. The van der Waals surface area contributed by atoms with Gasteiger partial charge in [-0.3, -0.25) is 0 Å². The minimum absolute atomic E-state index is 0.253. The Labute approximate surface area is 119 Å². The summed E-state index contributed by atoms with van der Waals surface area (Å²) in [5.41, 5.74) is 1.14. The van der Waals surface area contributed by atoms with E-state index in [0.29, 0.717) is 23.9 Å². The van der Waals surface area contributed by atoms with Crippen LogP contribution in [0.15, 0.2) is 0 Å². The van der Waals surface area contributed by atoms with Gasteiger partial charge in [0.05, 0.1) is 17.2 Å². The Morgan fingerprint density at radius 3 is 2.63 bits per heavy atom. The van der Waals surface area contributed by atoms with Crippen LogP contribution in [0.3, 0.4) is 0 Å².